The lowest BCUT2D eigenvalue weighted by molar-refractivity contribution is 0.0862. The van der Waals surface area contributed by atoms with Crippen LogP contribution in [-0.4, -0.2) is 31.0 Å². The third kappa shape index (κ3) is 5.50. The molecule has 9 heteroatoms. The van der Waals surface area contributed by atoms with Crippen molar-refractivity contribution >= 4 is 27.7 Å². The summed E-state index contributed by atoms with van der Waals surface area (Å²) in [6.45, 7) is 4.03. The van der Waals surface area contributed by atoms with Gasteiger partial charge in [-0.1, -0.05) is 49.7 Å². The molecule has 0 saturated carbocycles. The van der Waals surface area contributed by atoms with Gasteiger partial charge in [-0.3, -0.25) is 4.79 Å². The van der Waals surface area contributed by atoms with Gasteiger partial charge in [-0.2, -0.15) is 8.42 Å². The standard InChI is InChI=1S/C21H24ClFN2O4S/c1-21(2)11-10-16-12-18(9-8-17(16)13-21)29-14-19(22)25(23)30(27,28)24-20(26)15-6-4-3-5-7-15/h3-9,12,19H,10-11,13-14H2,1-2H3,(H,24,26). The molecule has 0 bridgehead atoms. The lowest BCUT2D eigenvalue weighted by Gasteiger charge is -2.31. The number of ether oxygens (including phenoxy) is 1. The Kier molecular flexibility index (Phi) is 6.69. The molecule has 30 heavy (non-hydrogen) atoms. The summed E-state index contributed by atoms with van der Waals surface area (Å²) < 4.78 is 45.1. The van der Waals surface area contributed by atoms with Crippen LogP contribution in [0.3, 0.4) is 0 Å². The fourth-order valence-electron chi connectivity index (χ4n) is 3.36. The highest BCUT2D eigenvalue weighted by atomic mass is 35.5. The zero-order valence-electron chi connectivity index (χ0n) is 16.8. The molecule has 2 aromatic rings. The summed E-state index contributed by atoms with van der Waals surface area (Å²) in [6, 6.07) is 13.2. The van der Waals surface area contributed by atoms with E-state index in [2.05, 4.69) is 13.8 Å². The Hall–Kier alpha value is -2.16. The van der Waals surface area contributed by atoms with E-state index in [1.54, 1.807) is 29.0 Å². The van der Waals surface area contributed by atoms with Gasteiger partial charge in [0.25, 0.3) is 5.91 Å². The molecule has 0 radical (unpaired) electrons. The second-order valence-electron chi connectivity index (χ2n) is 8.06. The molecule has 2 aromatic carbocycles. The van der Waals surface area contributed by atoms with E-state index in [-0.39, 0.29) is 11.0 Å². The van der Waals surface area contributed by atoms with E-state index in [4.69, 9.17) is 16.3 Å². The molecule has 1 aliphatic rings. The summed E-state index contributed by atoms with van der Waals surface area (Å²) in [4.78, 5) is 12.0. The molecule has 1 unspecified atom stereocenters. The number of carbonyl (C=O) groups is 1. The number of carbonyl (C=O) groups excluding carboxylic acids is 1. The molecule has 1 amide bonds. The molecule has 0 saturated heterocycles. The summed E-state index contributed by atoms with van der Waals surface area (Å²) in [7, 11) is -4.78. The molecule has 0 aliphatic heterocycles. The number of amides is 1. The molecule has 1 N–H and O–H groups in total. The maximum absolute atomic E-state index is 14.3. The number of rotatable bonds is 7. The van der Waals surface area contributed by atoms with Gasteiger partial charge in [-0.25, -0.2) is 4.72 Å². The second kappa shape index (κ2) is 8.91. The highest BCUT2D eigenvalue weighted by molar-refractivity contribution is 7.87. The maximum atomic E-state index is 14.3. The van der Waals surface area contributed by atoms with Crippen molar-refractivity contribution in [2.75, 3.05) is 6.61 Å². The van der Waals surface area contributed by atoms with E-state index in [0.29, 0.717) is 5.75 Å². The number of hydrogen-bond acceptors (Lipinski definition) is 4. The normalized spacial score (nSPS) is 16.6. The van der Waals surface area contributed by atoms with Gasteiger partial charge < -0.3 is 4.74 Å². The van der Waals surface area contributed by atoms with Crippen LogP contribution < -0.4 is 9.46 Å². The Morgan fingerprint density at radius 2 is 1.93 bits per heavy atom. The summed E-state index contributed by atoms with van der Waals surface area (Å²) in [5.74, 6) is -0.473. The van der Waals surface area contributed by atoms with Crippen LogP contribution in [0.25, 0.3) is 0 Å². The van der Waals surface area contributed by atoms with E-state index < -0.39 is 32.8 Å². The van der Waals surface area contributed by atoms with Crippen molar-refractivity contribution in [2.45, 2.75) is 38.6 Å². The highest BCUT2D eigenvalue weighted by Crippen LogP contribution is 2.36. The number of fused-ring (bicyclic) bond motifs is 1. The topological polar surface area (TPSA) is 75.7 Å². The predicted molar refractivity (Wildman–Crippen MR) is 113 cm³/mol. The molecule has 0 spiro atoms. The summed E-state index contributed by atoms with van der Waals surface area (Å²) in [5.41, 5.74) is 1.09. The van der Waals surface area contributed by atoms with Crippen molar-refractivity contribution in [2.24, 2.45) is 5.41 Å². The molecule has 0 fully saturated rings. The van der Waals surface area contributed by atoms with Gasteiger partial charge in [0.1, 0.15) is 12.4 Å². The molecule has 1 atom stereocenters. The van der Waals surface area contributed by atoms with Crippen molar-refractivity contribution < 1.29 is 22.4 Å². The summed E-state index contributed by atoms with van der Waals surface area (Å²) in [5, 5.41) is 0. The first-order valence-electron chi connectivity index (χ1n) is 9.53. The number of hydrogen-bond donors (Lipinski definition) is 1. The van der Waals surface area contributed by atoms with Gasteiger partial charge in [0.15, 0.2) is 5.50 Å². The van der Waals surface area contributed by atoms with Crippen LogP contribution in [0.15, 0.2) is 48.5 Å². The first-order valence-corrected chi connectivity index (χ1v) is 11.4. The molecule has 0 aromatic heterocycles. The Morgan fingerprint density at radius 1 is 1.23 bits per heavy atom. The van der Waals surface area contributed by atoms with E-state index in [0.717, 1.165) is 24.8 Å². The van der Waals surface area contributed by atoms with Crippen LogP contribution in [-0.2, 0) is 23.1 Å². The minimum atomic E-state index is -4.78. The first-order chi connectivity index (χ1) is 14.1. The monoisotopic (exact) mass is 454 g/mol. The molecule has 162 valence electrons. The average molecular weight is 455 g/mol. The van der Waals surface area contributed by atoms with E-state index in [1.165, 1.54) is 17.7 Å². The quantitative estimate of drug-likeness (QED) is 0.389. The lowest BCUT2D eigenvalue weighted by Crippen LogP contribution is -2.44. The lowest BCUT2D eigenvalue weighted by atomic mass is 9.74. The Balaban J connectivity index is 1.59. The van der Waals surface area contributed by atoms with Gasteiger partial charge in [-0.15, -0.1) is 4.48 Å². The smallest absolute Gasteiger partial charge is 0.332 e. The van der Waals surface area contributed by atoms with Crippen LogP contribution in [0.1, 0.15) is 41.8 Å². The molecular formula is C21H24ClFN2O4S. The van der Waals surface area contributed by atoms with Crippen LogP contribution in [0.5, 0.6) is 5.75 Å². The number of halogens is 2. The minimum Gasteiger partial charge on any atom is -0.491 e. The van der Waals surface area contributed by atoms with Crippen LogP contribution in [0.2, 0.25) is 0 Å². The maximum Gasteiger partial charge on any atom is 0.332 e. The highest BCUT2D eigenvalue weighted by Gasteiger charge is 2.32. The third-order valence-corrected chi connectivity index (χ3v) is 6.58. The number of benzene rings is 2. The van der Waals surface area contributed by atoms with Gasteiger partial charge in [0.2, 0.25) is 0 Å². The summed E-state index contributed by atoms with van der Waals surface area (Å²) in [6.07, 6.45) is 2.94. The second-order valence-corrected chi connectivity index (χ2v) is 10.1. The van der Waals surface area contributed by atoms with E-state index in [9.17, 15) is 17.7 Å². The Morgan fingerprint density at radius 3 is 2.63 bits per heavy atom. The molecule has 6 nitrogen and oxygen atoms in total. The fraction of sp³-hybridized carbons (Fsp3) is 0.381. The predicted octanol–water partition coefficient (Wildman–Crippen LogP) is 4.01. The average Bonchev–Trinajstić information content (AvgIpc) is 2.71. The zero-order valence-corrected chi connectivity index (χ0v) is 18.3. The molecule has 0 heterocycles. The number of nitrogens with one attached hydrogen (secondary N) is 1. The van der Waals surface area contributed by atoms with Crippen LogP contribution in [0, 0.1) is 5.41 Å². The van der Waals surface area contributed by atoms with Crippen molar-refractivity contribution in [3.63, 3.8) is 0 Å². The van der Waals surface area contributed by atoms with Gasteiger partial charge in [0, 0.05) is 10.1 Å². The first kappa shape index (κ1) is 22.5. The summed E-state index contributed by atoms with van der Waals surface area (Å²) >= 11 is 5.87. The third-order valence-electron chi connectivity index (χ3n) is 5.01. The number of alkyl halides is 1. The number of aryl methyl sites for hydroxylation is 1. The van der Waals surface area contributed by atoms with Crippen molar-refractivity contribution in [1.29, 1.82) is 0 Å². The fourth-order valence-corrected chi connectivity index (χ4v) is 4.54. The number of nitrogens with zero attached hydrogens (tertiary/aromatic N) is 1. The van der Waals surface area contributed by atoms with Crippen molar-refractivity contribution in [1.82, 2.24) is 9.25 Å². The Bertz CT molecular complexity index is 1010. The van der Waals surface area contributed by atoms with Crippen molar-refractivity contribution in [3.8, 4) is 5.75 Å². The SMILES string of the molecule is CC1(C)CCc2cc(OCC(Cl)N(F)S(=O)(=O)NC(=O)c3ccccc3)ccc2C1. The van der Waals surface area contributed by atoms with E-state index in [1.807, 2.05) is 12.1 Å². The molecular weight excluding hydrogens is 431 g/mol. The van der Waals surface area contributed by atoms with E-state index >= 15 is 0 Å². The largest absolute Gasteiger partial charge is 0.491 e. The molecule has 1 aliphatic carbocycles. The minimum absolute atomic E-state index is 0.0779. The van der Waals surface area contributed by atoms with Gasteiger partial charge >= 0.3 is 10.2 Å². The molecule has 3 rings (SSSR count). The van der Waals surface area contributed by atoms with Crippen LogP contribution in [0.4, 0.5) is 4.48 Å². The zero-order chi connectivity index (χ0) is 21.9. The van der Waals surface area contributed by atoms with Gasteiger partial charge in [-0.05, 0) is 60.1 Å². The van der Waals surface area contributed by atoms with Crippen LogP contribution >= 0.6 is 11.6 Å². The van der Waals surface area contributed by atoms with Crippen molar-refractivity contribution in [3.05, 3.63) is 65.2 Å². The van der Waals surface area contributed by atoms with Gasteiger partial charge in [0.05, 0.1) is 0 Å². The Labute approximate surface area is 181 Å².